The Hall–Kier alpha value is -0.570. The van der Waals surface area contributed by atoms with Crippen molar-refractivity contribution in [3.05, 3.63) is 0 Å². The highest BCUT2D eigenvalue weighted by Crippen LogP contribution is 2.34. The van der Waals surface area contributed by atoms with Crippen LogP contribution in [-0.4, -0.2) is 35.6 Å². The molecule has 0 unspecified atom stereocenters. The van der Waals surface area contributed by atoms with E-state index >= 15 is 0 Å². The molecule has 0 atom stereocenters. The van der Waals surface area contributed by atoms with Gasteiger partial charge in [-0.05, 0) is 70.5 Å². The maximum Gasteiger partial charge on any atom is 0.309 e. The molecule has 0 aromatic carbocycles. The molecule has 0 saturated carbocycles. The van der Waals surface area contributed by atoms with Gasteiger partial charge in [-0.15, -0.1) is 0 Å². The Labute approximate surface area is 124 Å². The summed E-state index contributed by atoms with van der Waals surface area (Å²) in [6.07, 6.45) is 5.53. The molecule has 1 rings (SSSR count). The van der Waals surface area contributed by atoms with Crippen LogP contribution >= 0.6 is 0 Å². The zero-order valence-corrected chi connectivity index (χ0v) is 14.0. The molecular weight excluding hydrogens is 250 g/mol. The van der Waals surface area contributed by atoms with Crippen molar-refractivity contribution in [2.24, 2.45) is 16.7 Å². The van der Waals surface area contributed by atoms with Crippen molar-refractivity contribution in [3.8, 4) is 0 Å². The zero-order valence-electron chi connectivity index (χ0n) is 14.0. The minimum Gasteiger partial charge on any atom is -0.481 e. The summed E-state index contributed by atoms with van der Waals surface area (Å²) in [4.78, 5) is 13.6. The molecular formula is C17H33NO2. The third kappa shape index (κ3) is 5.43. The lowest BCUT2D eigenvalue weighted by molar-refractivity contribution is -0.147. The van der Waals surface area contributed by atoms with E-state index in [0.29, 0.717) is 5.41 Å². The molecule has 0 spiro atoms. The molecule has 0 radical (unpaired) electrons. The Morgan fingerprint density at radius 2 is 1.65 bits per heavy atom. The van der Waals surface area contributed by atoms with E-state index in [9.17, 15) is 4.79 Å². The van der Waals surface area contributed by atoms with Crippen molar-refractivity contribution in [1.82, 2.24) is 4.90 Å². The van der Waals surface area contributed by atoms with Crippen LogP contribution in [0.15, 0.2) is 0 Å². The third-order valence-corrected chi connectivity index (χ3v) is 4.92. The molecule has 1 fully saturated rings. The van der Waals surface area contributed by atoms with Gasteiger partial charge >= 0.3 is 5.97 Å². The van der Waals surface area contributed by atoms with E-state index in [1.807, 2.05) is 13.8 Å². The van der Waals surface area contributed by atoms with Gasteiger partial charge in [-0.1, -0.05) is 27.2 Å². The number of unbranched alkanes of at least 4 members (excludes halogenated alkanes) is 1. The Morgan fingerprint density at radius 1 is 1.10 bits per heavy atom. The quantitative estimate of drug-likeness (QED) is 0.748. The van der Waals surface area contributed by atoms with Gasteiger partial charge in [0.1, 0.15) is 0 Å². The number of hydrogen-bond acceptors (Lipinski definition) is 2. The largest absolute Gasteiger partial charge is 0.481 e. The number of carbonyl (C=O) groups is 1. The minimum absolute atomic E-state index is 0.442. The Bertz CT molecular complexity index is 309. The van der Waals surface area contributed by atoms with Crippen molar-refractivity contribution < 1.29 is 9.90 Å². The van der Waals surface area contributed by atoms with Crippen molar-refractivity contribution in [1.29, 1.82) is 0 Å². The van der Waals surface area contributed by atoms with Gasteiger partial charge in [0.15, 0.2) is 0 Å². The van der Waals surface area contributed by atoms with Crippen LogP contribution in [0, 0.1) is 16.7 Å². The van der Waals surface area contributed by atoms with E-state index in [-0.39, 0.29) is 0 Å². The molecule has 1 aliphatic rings. The Balaban J connectivity index is 2.18. The molecule has 1 aliphatic heterocycles. The summed E-state index contributed by atoms with van der Waals surface area (Å²) in [7, 11) is 0. The molecule has 0 aliphatic carbocycles. The highest BCUT2D eigenvalue weighted by atomic mass is 16.4. The Morgan fingerprint density at radius 3 is 2.10 bits per heavy atom. The predicted molar refractivity (Wildman–Crippen MR) is 83.9 cm³/mol. The van der Waals surface area contributed by atoms with Crippen molar-refractivity contribution in [3.63, 3.8) is 0 Å². The average Bonchev–Trinajstić information content (AvgIpc) is 2.34. The summed E-state index contributed by atoms with van der Waals surface area (Å²) in [6.45, 7) is 14.2. The van der Waals surface area contributed by atoms with E-state index in [2.05, 4.69) is 25.7 Å². The first kappa shape index (κ1) is 17.5. The topological polar surface area (TPSA) is 40.5 Å². The van der Waals surface area contributed by atoms with E-state index in [1.54, 1.807) is 0 Å². The zero-order chi connectivity index (χ0) is 15.4. The molecule has 3 nitrogen and oxygen atoms in total. The van der Waals surface area contributed by atoms with Crippen molar-refractivity contribution in [2.75, 3.05) is 19.6 Å². The van der Waals surface area contributed by atoms with Crippen LogP contribution in [0.1, 0.15) is 66.7 Å². The number of likely N-dealkylation sites (tertiary alicyclic amines) is 1. The van der Waals surface area contributed by atoms with Gasteiger partial charge in [0.25, 0.3) is 0 Å². The van der Waals surface area contributed by atoms with Gasteiger partial charge < -0.3 is 10.0 Å². The molecule has 20 heavy (non-hydrogen) atoms. The van der Waals surface area contributed by atoms with Crippen LogP contribution in [-0.2, 0) is 4.79 Å². The van der Waals surface area contributed by atoms with Crippen LogP contribution in [0.3, 0.4) is 0 Å². The molecule has 0 amide bonds. The second-order valence-electron chi connectivity index (χ2n) is 8.13. The van der Waals surface area contributed by atoms with E-state index in [1.165, 1.54) is 25.9 Å². The highest BCUT2D eigenvalue weighted by molar-refractivity contribution is 5.73. The SMILES string of the molecule is CC(C)(CCCCN1CCC(C(C)(C)C)CC1)C(=O)O. The molecule has 0 bridgehead atoms. The fraction of sp³-hybridized carbons (Fsp3) is 0.941. The highest BCUT2D eigenvalue weighted by Gasteiger charge is 2.29. The Kier molecular flexibility index (Phi) is 6.06. The molecule has 3 heteroatoms. The van der Waals surface area contributed by atoms with Gasteiger partial charge in [-0.3, -0.25) is 4.79 Å². The summed E-state index contributed by atoms with van der Waals surface area (Å²) in [5.41, 5.74) is -0.128. The summed E-state index contributed by atoms with van der Waals surface area (Å²) in [6, 6.07) is 0. The van der Waals surface area contributed by atoms with Crippen molar-refractivity contribution in [2.45, 2.75) is 66.7 Å². The second-order valence-corrected chi connectivity index (χ2v) is 8.13. The predicted octanol–water partition coefficient (Wildman–Crippen LogP) is 4.03. The molecule has 1 heterocycles. The van der Waals surface area contributed by atoms with Crippen LogP contribution in [0.25, 0.3) is 0 Å². The van der Waals surface area contributed by atoms with Gasteiger partial charge in [0.05, 0.1) is 5.41 Å². The van der Waals surface area contributed by atoms with Gasteiger partial charge in [-0.25, -0.2) is 0 Å². The maximum absolute atomic E-state index is 11.0. The monoisotopic (exact) mass is 283 g/mol. The summed E-state index contributed by atoms with van der Waals surface area (Å²) < 4.78 is 0. The normalized spacial score (nSPS) is 19.2. The van der Waals surface area contributed by atoms with Gasteiger partial charge in [-0.2, -0.15) is 0 Å². The first-order valence-electron chi connectivity index (χ1n) is 8.09. The maximum atomic E-state index is 11.0. The number of carboxylic acid groups (broad SMARTS) is 1. The number of carboxylic acids is 1. The minimum atomic E-state index is -0.677. The number of piperidine rings is 1. The van der Waals surface area contributed by atoms with Crippen LogP contribution in [0.5, 0.6) is 0 Å². The van der Waals surface area contributed by atoms with Crippen molar-refractivity contribution >= 4 is 5.97 Å². The van der Waals surface area contributed by atoms with E-state index in [4.69, 9.17) is 5.11 Å². The number of rotatable bonds is 6. The molecule has 0 aromatic rings. The first-order chi connectivity index (χ1) is 9.13. The summed E-state index contributed by atoms with van der Waals surface area (Å²) in [5.74, 6) is 0.174. The molecule has 0 aromatic heterocycles. The lowest BCUT2D eigenvalue weighted by Crippen LogP contribution is -2.38. The van der Waals surface area contributed by atoms with Crippen LogP contribution < -0.4 is 0 Å². The lowest BCUT2D eigenvalue weighted by Gasteiger charge is -2.38. The lowest BCUT2D eigenvalue weighted by atomic mass is 9.75. The number of nitrogens with zero attached hydrogens (tertiary/aromatic N) is 1. The summed E-state index contributed by atoms with van der Waals surface area (Å²) >= 11 is 0. The van der Waals surface area contributed by atoms with Crippen LogP contribution in [0.4, 0.5) is 0 Å². The number of hydrogen-bond donors (Lipinski definition) is 1. The summed E-state index contributed by atoms with van der Waals surface area (Å²) in [5, 5.41) is 9.08. The van der Waals surface area contributed by atoms with E-state index < -0.39 is 11.4 Å². The molecule has 1 N–H and O–H groups in total. The number of aliphatic carboxylic acids is 1. The fourth-order valence-corrected chi connectivity index (χ4v) is 3.03. The van der Waals surface area contributed by atoms with E-state index in [0.717, 1.165) is 31.7 Å². The van der Waals surface area contributed by atoms with Gasteiger partial charge in [0.2, 0.25) is 0 Å². The third-order valence-electron chi connectivity index (χ3n) is 4.92. The second kappa shape index (κ2) is 6.93. The van der Waals surface area contributed by atoms with Gasteiger partial charge in [0, 0.05) is 0 Å². The van der Waals surface area contributed by atoms with Crippen LogP contribution in [0.2, 0.25) is 0 Å². The first-order valence-corrected chi connectivity index (χ1v) is 8.09. The standard InChI is InChI=1S/C17H33NO2/c1-16(2,3)14-8-12-18(13-9-14)11-7-6-10-17(4,5)15(19)20/h14H,6-13H2,1-5H3,(H,19,20). The average molecular weight is 283 g/mol. The molecule has 118 valence electrons. The smallest absolute Gasteiger partial charge is 0.309 e. The molecule has 1 saturated heterocycles. The fourth-order valence-electron chi connectivity index (χ4n) is 3.03.